The number of carbonyl (C=O) groups excluding carboxylic acids is 1. The fourth-order valence-electron chi connectivity index (χ4n) is 4.06. The van der Waals surface area contributed by atoms with Crippen molar-refractivity contribution in [2.45, 2.75) is 12.5 Å². The molecule has 0 N–H and O–H groups in total. The van der Waals surface area contributed by atoms with E-state index in [2.05, 4.69) is 4.98 Å². The number of hydrogen-bond donors (Lipinski definition) is 0. The minimum Gasteiger partial charge on any atom is -0.368 e. The van der Waals surface area contributed by atoms with Gasteiger partial charge in [0.25, 0.3) is 5.91 Å². The molecule has 5 nitrogen and oxygen atoms in total. The summed E-state index contributed by atoms with van der Waals surface area (Å²) in [4.78, 5) is 24.3. The SMILES string of the molecule is O=C(c1cccc2ncccc12)N1CCO[C@H](c2cccc(Cc3ccc(F)cc3)n2)C1. The average Bonchev–Trinajstić information content (AvgIpc) is 2.85. The van der Waals surface area contributed by atoms with Crippen molar-refractivity contribution in [1.82, 2.24) is 14.9 Å². The summed E-state index contributed by atoms with van der Waals surface area (Å²) >= 11 is 0. The molecule has 1 amide bonds. The van der Waals surface area contributed by atoms with Gasteiger partial charge in [0, 0.05) is 35.8 Å². The molecule has 0 unspecified atom stereocenters. The van der Waals surface area contributed by atoms with Gasteiger partial charge in [-0.2, -0.15) is 0 Å². The Hall–Kier alpha value is -3.64. The number of ether oxygens (including phenoxy) is 1. The van der Waals surface area contributed by atoms with Crippen LogP contribution in [0.25, 0.3) is 10.9 Å². The summed E-state index contributed by atoms with van der Waals surface area (Å²) in [5, 5.41) is 0.850. The summed E-state index contributed by atoms with van der Waals surface area (Å²) < 4.78 is 19.1. The average molecular weight is 427 g/mol. The first-order valence-corrected chi connectivity index (χ1v) is 10.6. The second kappa shape index (κ2) is 8.85. The number of rotatable bonds is 4. The van der Waals surface area contributed by atoms with Gasteiger partial charge in [0.05, 0.1) is 24.4 Å². The maximum absolute atomic E-state index is 13.3. The van der Waals surface area contributed by atoms with E-state index in [1.807, 2.05) is 53.4 Å². The molecule has 6 heteroatoms. The van der Waals surface area contributed by atoms with E-state index in [9.17, 15) is 9.18 Å². The van der Waals surface area contributed by atoms with Gasteiger partial charge in [-0.05, 0) is 48.0 Å². The van der Waals surface area contributed by atoms with Gasteiger partial charge in [-0.3, -0.25) is 14.8 Å². The van der Waals surface area contributed by atoms with Gasteiger partial charge >= 0.3 is 0 Å². The summed E-state index contributed by atoms with van der Waals surface area (Å²) in [6.45, 7) is 1.41. The van der Waals surface area contributed by atoms with E-state index < -0.39 is 0 Å². The zero-order chi connectivity index (χ0) is 21.9. The number of halogens is 1. The first kappa shape index (κ1) is 20.3. The Bertz CT molecular complexity index is 1250. The summed E-state index contributed by atoms with van der Waals surface area (Å²) in [7, 11) is 0. The largest absolute Gasteiger partial charge is 0.368 e. The van der Waals surface area contributed by atoms with Crippen LogP contribution in [-0.4, -0.2) is 40.5 Å². The van der Waals surface area contributed by atoms with Crippen LogP contribution in [0.5, 0.6) is 0 Å². The first-order valence-electron chi connectivity index (χ1n) is 10.6. The van der Waals surface area contributed by atoms with E-state index in [1.54, 1.807) is 18.3 Å². The van der Waals surface area contributed by atoms with Crippen LogP contribution in [0, 0.1) is 5.82 Å². The molecule has 1 saturated heterocycles. The van der Waals surface area contributed by atoms with Crippen molar-refractivity contribution in [3.8, 4) is 0 Å². The maximum atomic E-state index is 13.3. The molecule has 2 aromatic heterocycles. The van der Waals surface area contributed by atoms with Crippen molar-refractivity contribution in [3.05, 3.63) is 107 Å². The summed E-state index contributed by atoms with van der Waals surface area (Å²) in [6, 6.07) is 21.6. The molecule has 1 aliphatic heterocycles. The highest BCUT2D eigenvalue weighted by Gasteiger charge is 2.28. The molecule has 1 aliphatic rings. The second-order valence-corrected chi connectivity index (χ2v) is 7.84. The third kappa shape index (κ3) is 4.22. The molecule has 3 heterocycles. The van der Waals surface area contributed by atoms with E-state index in [-0.39, 0.29) is 17.8 Å². The monoisotopic (exact) mass is 427 g/mol. The smallest absolute Gasteiger partial charge is 0.254 e. The lowest BCUT2D eigenvalue weighted by Gasteiger charge is -2.33. The van der Waals surface area contributed by atoms with Crippen LogP contribution in [-0.2, 0) is 11.2 Å². The number of fused-ring (bicyclic) bond motifs is 1. The fraction of sp³-hybridized carbons (Fsp3) is 0.192. The Labute approximate surface area is 185 Å². The molecule has 160 valence electrons. The highest BCUT2D eigenvalue weighted by molar-refractivity contribution is 6.06. The molecule has 5 rings (SSSR count). The van der Waals surface area contributed by atoms with Crippen molar-refractivity contribution in [3.63, 3.8) is 0 Å². The number of morpholine rings is 1. The number of nitrogens with zero attached hydrogens (tertiary/aromatic N) is 3. The minimum absolute atomic E-state index is 0.0284. The molecule has 0 radical (unpaired) electrons. The molecule has 0 saturated carbocycles. The Kier molecular flexibility index (Phi) is 5.60. The third-order valence-electron chi connectivity index (χ3n) is 5.69. The van der Waals surface area contributed by atoms with Crippen LogP contribution in [0.2, 0.25) is 0 Å². The Morgan fingerprint density at radius 1 is 1.03 bits per heavy atom. The zero-order valence-electron chi connectivity index (χ0n) is 17.4. The van der Waals surface area contributed by atoms with Crippen molar-refractivity contribution in [2.24, 2.45) is 0 Å². The molecular formula is C26H22FN3O2. The van der Waals surface area contributed by atoms with E-state index in [1.165, 1.54) is 12.1 Å². The highest BCUT2D eigenvalue weighted by atomic mass is 19.1. The van der Waals surface area contributed by atoms with E-state index in [4.69, 9.17) is 9.72 Å². The van der Waals surface area contributed by atoms with Gasteiger partial charge < -0.3 is 9.64 Å². The van der Waals surface area contributed by atoms with Crippen molar-refractivity contribution < 1.29 is 13.9 Å². The third-order valence-corrected chi connectivity index (χ3v) is 5.69. The van der Waals surface area contributed by atoms with Crippen LogP contribution in [0.4, 0.5) is 4.39 Å². The molecule has 4 aromatic rings. The number of carbonyl (C=O) groups is 1. The van der Waals surface area contributed by atoms with Crippen molar-refractivity contribution >= 4 is 16.8 Å². The zero-order valence-corrected chi connectivity index (χ0v) is 17.4. The second-order valence-electron chi connectivity index (χ2n) is 7.84. The molecule has 0 aliphatic carbocycles. The van der Waals surface area contributed by atoms with Gasteiger partial charge in [0.2, 0.25) is 0 Å². The lowest BCUT2D eigenvalue weighted by molar-refractivity contribution is -0.0247. The standard InChI is InChI=1S/C26H22FN3O2/c27-19-11-9-18(10-12-19)16-20-4-1-8-24(29-20)25-17-30(14-15-32-25)26(31)22-5-2-7-23-21(22)6-3-13-28-23/h1-13,25H,14-17H2/t25-/m0/s1. The Morgan fingerprint density at radius 2 is 1.88 bits per heavy atom. The highest BCUT2D eigenvalue weighted by Crippen LogP contribution is 2.25. The van der Waals surface area contributed by atoms with Crippen LogP contribution >= 0.6 is 0 Å². The fourth-order valence-corrected chi connectivity index (χ4v) is 4.06. The normalized spacial score (nSPS) is 16.3. The molecule has 1 atom stereocenters. The van der Waals surface area contributed by atoms with Crippen molar-refractivity contribution in [1.29, 1.82) is 0 Å². The minimum atomic E-state index is -0.297. The maximum Gasteiger partial charge on any atom is 0.254 e. The molecule has 0 spiro atoms. The lowest BCUT2D eigenvalue weighted by atomic mass is 10.1. The predicted molar refractivity (Wildman–Crippen MR) is 120 cm³/mol. The van der Waals surface area contributed by atoms with Gasteiger partial charge in [-0.1, -0.05) is 30.3 Å². The number of hydrogen-bond acceptors (Lipinski definition) is 4. The predicted octanol–water partition coefficient (Wildman–Crippen LogP) is 4.57. The summed E-state index contributed by atoms with van der Waals surface area (Å²) in [6.07, 6.45) is 2.03. The molecule has 0 bridgehead atoms. The summed E-state index contributed by atoms with van der Waals surface area (Å²) in [5.74, 6) is -0.280. The Morgan fingerprint density at radius 3 is 2.75 bits per heavy atom. The van der Waals surface area contributed by atoms with Crippen molar-refractivity contribution in [2.75, 3.05) is 19.7 Å². The molecule has 1 fully saturated rings. The van der Waals surface area contributed by atoms with Crippen LogP contribution in [0.1, 0.15) is 33.4 Å². The summed E-state index contributed by atoms with van der Waals surface area (Å²) in [5.41, 5.74) is 4.11. The molecule has 32 heavy (non-hydrogen) atoms. The van der Waals surface area contributed by atoms with Gasteiger partial charge in [0.15, 0.2) is 0 Å². The van der Waals surface area contributed by atoms with Crippen LogP contribution in [0.3, 0.4) is 0 Å². The van der Waals surface area contributed by atoms with Gasteiger partial charge in [-0.15, -0.1) is 0 Å². The van der Waals surface area contributed by atoms with Crippen LogP contribution in [0.15, 0.2) is 79.0 Å². The van der Waals surface area contributed by atoms with E-state index in [0.29, 0.717) is 31.7 Å². The Balaban J connectivity index is 1.35. The number of aromatic nitrogens is 2. The quantitative estimate of drug-likeness (QED) is 0.479. The molecule has 2 aromatic carbocycles. The van der Waals surface area contributed by atoms with Gasteiger partial charge in [-0.25, -0.2) is 4.39 Å². The van der Waals surface area contributed by atoms with Gasteiger partial charge in [0.1, 0.15) is 11.9 Å². The van der Waals surface area contributed by atoms with Crippen LogP contribution < -0.4 is 0 Å². The van der Waals surface area contributed by atoms with E-state index in [0.717, 1.165) is 27.9 Å². The van der Waals surface area contributed by atoms with E-state index >= 15 is 0 Å². The number of benzene rings is 2. The lowest BCUT2D eigenvalue weighted by Crippen LogP contribution is -2.42. The first-order chi connectivity index (χ1) is 15.7. The number of pyridine rings is 2. The topological polar surface area (TPSA) is 55.3 Å². The molecular weight excluding hydrogens is 405 g/mol. The number of amides is 1.